The van der Waals surface area contributed by atoms with Crippen molar-refractivity contribution in [1.82, 2.24) is 9.80 Å². The summed E-state index contributed by atoms with van der Waals surface area (Å²) in [6, 6.07) is 0.645. The minimum absolute atomic E-state index is 0.244. The number of likely N-dealkylation sites (N-methyl/N-ethyl adjacent to an activating group) is 1. The summed E-state index contributed by atoms with van der Waals surface area (Å²) in [5.74, 6) is 0. The standard InChI is InChI=1S/C15H33N3/c1-5-14(4)18(7-3)15(13-16)9-8-11-17(6-2)12-10-15/h14H,5-13,16H2,1-4H3. The Morgan fingerprint density at radius 2 is 1.94 bits per heavy atom. The van der Waals surface area contributed by atoms with Gasteiger partial charge in [-0.15, -0.1) is 0 Å². The van der Waals surface area contributed by atoms with Gasteiger partial charge < -0.3 is 10.6 Å². The van der Waals surface area contributed by atoms with Crippen molar-refractivity contribution >= 4 is 0 Å². The number of nitrogens with zero attached hydrogens (tertiary/aromatic N) is 2. The zero-order chi connectivity index (χ0) is 13.6. The van der Waals surface area contributed by atoms with E-state index in [4.69, 9.17) is 5.73 Å². The lowest BCUT2D eigenvalue weighted by Crippen LogP contribution is -2.57. The fraction of sp³-hybridized carbons (Fsp3) is 1.00. The molecule has 0 amide bonds. The Kier molecular flexibility index (Phi) is 6.61. The third-order valence-corrected chi connectivity index (χ3v) is 4.91. The van der Waals surface area contributed by atoms with Crippen LogP contribution in [-0.4, -0.2) is 54.1 Å². The highest BCUT2D eigenvalue weighted by Gasteiger charge is 2.37. The molecule has 1 aliphatic rings. The fourth-order valence-electron chi connectivity index (χ4n) is 3.49. The normalized spacial score (nSPS) is 28.3. The Hall–Kier alpha value is -0.120. The zero-order valence-electron chi connectivity index (χ0n) is 12.9. The van der Waals surface area contributed by atoms with E-state index in [-0.39, 0.29) is 5.54 Å². The van der Waals surface area contributed by atoms with Gasteiger partial charge in [0.1, 0.15) is 0 Å². The number of hydrogen-bond acceptors (Lipinski definition) is 3. The van der Waals surface area contributed by atoms with E-state index in [1.165, 1.54) is 45.3 Å². The van der Waals surface area contributed by atoms with Gasteiger partial charge in [0.2, 0.25) is 0 Å². The van der Waals surface area contributed by atoms with Crippen LogP contribution < -0.4 is 5.73 Å². The summed E-state index contributed by atoms with van der Waals surface area (Å²) >= 11 is 0. The van der Waals surface area contributed by atoms with Crippen molar-refractivity contribution < 1.29 is 0 Å². The highest BCUT2D eigenvalue weighted by molar-refractivity contribution is 4.96. The molecule has 1 heterocycles. The minimum Gasteiger partial charge on any atom is -0.329 e. The maximum absolute atomic E-state index is 6.20. The van der Waals surface area contributed by atoms with Gasteiger partial charge >= 0.3 is 0 Å². The molecule has 0 radical (unpaired) electrons. The predicted octanol–water partition coefficient (Wildman–Crippen LogP) is 2.31. The second-order valence-electron chi connectivity index (χ2n) is 5.76. The van der Waals surface area contributed by atoms with E-state index in [1.807, 2.05) is 0 Å². The van der Waals surface area contributed by atoms with E-state index in [0.717, 1.165) is 13.1 Å². The summed E-state index contributed by atoms with van der Waals surface area (Å²) in [5, 5.41) is 0. The van der Waals surface area contributed by atoms with Crippen LogP contribution in [0.4, 0.5) is 0 Å². The van der Waals surface area contributed by atoms with Crippen LogP contribution in [0, 0.1) is 0 Å². The molecule has 1 saturated heterocycles. The summed E-state index contributed by atoms with van der Waals surface area (Å²) in [7, 11) is 0. The molecular formula is C15H33N3. The van der Waals surface area contributed by atoms with Gasteiger partial charge in [-0.05, 0) is 58.8 Å². The van der Waals surface area contributed by atoms with Crippen LogP contribution in [-0.2, 0) is 0 Å². The monoisotopic (exact) mass is 255 g/mol. The number of likely N-dealkylation sites (tertiary alicyclic amines) is 1. The molecule has 0 aromatic rings. The Morgan fingerprint density at radius 1 is 1.22 bits per heavy atom. The second kappa shape index (κ2) is 7.46. The van der Waals surface area contributed by atoms with E-state index in [2.05, 4.69) is 37.5 Å². The van der Waals surface area contributed by atoms with Crippen molar-refractivity contribution in [3.05, 3.63) is 0 Å². The summed E-state index contributed by atoms with van der Waals surface area (Å²) < 4.78 is 0. The topological polar surface area (TPSA) is 32.5 Å². The predicted molar refractivity (Wildman–Crippen MR) is 79.9 cm³/mol. The molecule has 3 nitrogen and oxygen atoms in total. The average Bonchev–Trinajstić information content (AvgIpc) is 2.62. The second-order valence-corrected chi connectivity index (χ2v) is 5.76. The van der Waals surface area contributed by atoms with E-state index in [9.17, 15) is 0 Å². The molecule has 1 fully saturated rings. The molecule has 18 heavy (non-hydrogen) atoms. The average molecular weight is 255 g/mol. The Labute approximate surface area is 114 Å². The molecule has 0 bridgehead atoms. The summed E-state index contributed by atoms with van der Waals surface area (Å²) in [6.07, 6.45) is 5.00. The van der Waals surface area contributed by atoms with E-state index >= 15 is 0 Å². The SMILES string of the molecule is CCC(C)N(CC)C1(CN)CCCN(CC)CC1. The quantitative estimate of drug-likeness (QED) is 0.790. The molecule has 2 atom stereocenters. The first-order chi connectivity index (χ1) is 8.63. The molecule has 0 aromatic carbocycles. The van der Waals surface area contributed by atoms with Crippen LogP contribution in [0.25, 0.3) is 0 Å². The van der Waals surface area contributed by atoms with Crippen LogP contribution in [0.2, 0.25) is 0 Å². The number of hydrogen-bond donors (Lipinski definition) is 1. The highest BCUT2D eigenvalue weighted by Crippen LogP contribution is 2.30. The molecule has 0 aliphatic carbocycles. The van der Waals surface area contributed by atoms with Gasteiger partial charge in [0.05, 0.1) is 0 Å². The molecule has 0 aromatic heterocycles. The maximum Gasteiger partial charge on any atom is 0.0347 e. The van der Waals surface area contributed by atoms with Gasteiger partial charge in [-0.1, -0.05) is 20.8 Å². The lowest BCUT2D eigenvalue weighted by Gasteiger charge is -2.46. The van der Waals surface area contributed by atoms with Gasteiger partial charge in [-0.2, -0.15) is 0 Å². The number of rotatable bonds is 6. The lowest BCUT2D eigenvalue weighted by molar-refractivity contribution is 0.0453. The molecule has 1 rings (SSSR count). The fourth-order valence-corrected chi connectivity index (χ4v) is 3.49. The van der Waals surface area contributed by atoms with Crippen molar-refractivity contribution in [3.63, 3.8) is 0 Å². The molecule has 0 spiro atoms. The molecule has 2 unspecified atom stereocenters. The third-order valence-electron chi connectivity index (χ3n) is 4.91. The van der Waals surface area contributed by atoms with Crippen molar-refractivity contribution in [3.8, 4) is 0 Å². The first-order valence-corrected chi connectivity index (χ1v) is 7.82. The van der Waals surface area contributed by atoms with Gasteiger partial charge in [0.15, 0.2) is 0 Å². The first kappa shape index (κ1) is 15.9. The summed E-state index contributed by atoms with van der Waals surface area (Å²) in [6.45, 7) is 14.7. The molecule has 0 saturated carbocycles. The molecule has 2 N–H and O–H groups in total. The molecular weight excluding hydrogens is 222 g/mol. The van der Waals surface area contributed by atoms with Crippen molar-refractivity contribution in [1.29, 1.82) is 0 Å². The van der Waals surface area contributed by atoms with E-state index < -0.39 is 0 Å². The summed E-state index contributed by atoms with van der Waals surface area (Å²) in [4.78, 5) is 5.24. The Bertz CT molecular complexity index is 232. The van der Waals surface area contributed by atoms with Crippen LogP contribution in [0.15, 0.2) is 0 Å². The van der Waals surface area contributed by atoms with Crippen LogP contribution in [0.5, 0.6) is 0 Å². The van der Waals surface area contributed by atoms with Gasteiger partial charge in [0.25, 0.3) is 0 Å². The van der Waals surface area contributed by atoms with Crippen LogP contribution in [0.1, 0.15) is 53.4 Å². The highest BCUT2D eigenvalue weighted by atomic mass is 15.2. The Balaban J connectivity index is 2.82. The minimum atomic E-state index is 0.244. The summed E-state index contributed by atoms with van der Waals surface area (Å²) in [5.41, 5.74) is 6.45. The third kappa shape index (κ3) is 3.46. The zero-order valence-corrected chi connectivity index (χ0v) is 12.9. The van der Waals surface area contributed by atoms with Crippen LogP contribution in [0.3, 0.4) is 0 Å². The molecule has 1 aliphatic heterocycles. The molecule has 3 heteroatoms. The lowest BCUT2D eigenvalue weighted by atomic mass is 9.86. The van der Waals surface area contributed by atoms with Gasteiger partial charge in [-0.25, -0.2) is 0 Å². The smallest absolute Gasteiger partial charge is 0.0347 e. The molecule has 108 valence electrons. The van der Waals surface area contributed by atoms with Crippen molar-refractivity contribution in [2.75, 3.05) is 32.7 Å². The number of nitrogens with two attached hydrogens (primary N) is 1. The van der Waals surface area contributed by atoms with E-state index in [1.54, 1.807) is 0 Å². The van der Waals surface area contributed by atoms with Gasteiger partial charge in [0, 0.05) is 18.1 Å². The first-order valence-electron chi connectivity index (χ1n) is 7.82. The van der Waals surface area contributed by atoms with Crippen LogP contribution >= 0.6 is 0 Å². The largest absolute Gasteiger partial charge is 0.329 e. The Morgan fingerprint density at radius 3 is 2.44 bits per heavy atom. The van der Waals surface area contributed by atoms with Gasteiger partial charge in [-0.3, -0.25) is 4.90 Å². The maximum atomic E-state index is 6.20. The van der Waals surface area contributed by atoms with Crippen molar-refractivity contribution in [2.24, 2.45) is 5.73 Å². The van der Waals surface area contributed by atoms with E-state index in [0.29, 0.717) is 6.04 Å². The van der Waals surface area contributed by atoms with Crippen molar-refractivity contribution in [2.45, 2.75) is 65.0 Å².